The zero-order valence-electron chi connectivity index (χ0n) is 18.6. The number of pyridine rings is 1. The first-order valence-corrected chi connectivity index (χ1v) is 12.7. The number of hydrogen-bond donors (Lipinski definition) is 1. The predicted molar refractivity (Wildman–Crippen MR) is 119 cm³/mol. The van der Waals surface area contributed by atoms with Crippen molar-refractivity contribution in [1.29, 1.82) is 0 Å². The standard InChI is InChI=1S/C23H27F3N4O2S/c1-14-11-30(12-14)18-6-7-23(18)8-9-29(13-23)17-10-16(24)22(21(26)15(17)2)33(31,32)28-20-5-3-4-19(25)27-20/h3-5,10,14,18H,6-9,11-13H2,1-2H3,(H,27,28)/t18-,23+/m1/s1. The highest BCUT2D eigenvalue weighted by Gasteiger charge is 2.54. The number of likely N-dealkylation sites (tertiary alicyclic amines) is 1. The first kappa shape index (κ1) is 22.5. The van der Waals surface area contributed by atoms with Crippen LogP contribution in [0.4, 0.5) is 24.7 Å². The lowest BCUT2D eigenvalue weighted by atomic mass is 9.62. The lowest BCUT2D eigenvalue weighted by Crippen LogP contribution is -2.62. The van der Waals surface area contributed by atoms with E-state index in [0.717, 1.165) is 50.4 Å². The zero-order chi connectivity index (χ0) is 23.5. The maximum atomic E-state index is 15.3. The van der Waals surface area contributed by atoms with E-state index in [4.69, 9.17) is 0 Å². The molecule has 5 rings (SSSR count). The molecule has 178 valence electrons. The Balaban J connectivity index is 1.40. The van der Waals surface area contributed by atoms with Crippen LogP contribution in [0.1, 0.15) is 31.7 Å². The topological polar surface area (TPSA) is 65.5 Å². The predicted octanol–water partition coefficient (Wildman–Crippen LogP) is 3.92. The van der Waals surface area contributed by atoms with Gasteiger partial charge in [0.25, 0.3) is 10.0 Å². The Morgan fingerprint density at radius 3 is 2.58 bits per heavy atom. The van der Waals surface area contributed by atoms with E-state index in [2.05, 4.69) is 16.8 Å². The minimum Gasteiger partial charge on any atom is -0.371 e. The molecule has 2 aromatic rings. The fourth-order valence-electron chi connectivity index (χ4n) is 5.74. The quantitative estimate of drug-likeness (QED) is 0.658. The van der Waals surface area contributed by atoms with Crippen LogP contribution >= 0.6 is 0 Å². The highest BCUT2D eigenvalue weighted by molar-refractivity contribution is 7.92. The van der Waals surface area contributed by atoms with Crippen LogP contribution in [0.2, 0.25) is 0 Å². The van der Waals surface area contributed by atoms with Crippen molar-refractivity contribution >= 4 is 21.5 Å². The third-order valence-electron chi connectivity index (χ3n) is 7.50. The van der Waals surface area contributed by atoms with Gasteiger partial charge in [-0.15, -0.1) is 0 Å². The van der Waals surface area contributed by atoms with E-state index in [-0.39, 0.29) is 16.8 Å². The second kappa shape index (κ2) is 7.87. The molecule has 1 aliphatic carbocycles. The summed E-state index contributed by atoms with van der Waals surface area (Å²) in [4.78, 5) is 6.82. The number of hydrogen-bond acceptors (Lipinski definition) is 5. The summed E-state index contributed by atoms with van der Waals surface area (Å²) in [5.74, 6) is -2.87. The number of halogens is 3. The molecule has 2 saturated heterocycles. The molecule has 0 radical (unpaired) electrons. The van der Waals surface area contributed by atoms with Gasteiger partial charge in [0.05, 0.1) is 0 Å². The van der Waals surface area contributed by atoms with Gasteiger partial charge >= 0.3 is 0 Å². The second-order valence-electron chi connectivity index (χ2n) is 9.74. The van der Waals surface area contributed by atoms with Gasteiger partial charge in [-0.2, -0.15) is 4.39 Å². The number of rotatable bonds is 5. The molecule has 1 spiro atoms. The van der Waals surface area contributed by atoms with Crippen molar-refractivity contribution in [2.24, 2.45) is 11.3 Å². The van der Waals surface area contributed by atoms with E-state index in [9.17, 15) is 12.8 Å². The Morgan fingerprint density at radius 2 is 1.94 bits per heavy atom. The van der Waals surface area contributed by atoms with Gasteiger partial charge in [-0.1, -0.05) is 13.0 Å². The van der Waals surface area contributed by atoms with E-state index in [1.165, 1.54) is 19.1 Å². The zero-order valence-corrected chi connectivity index (χ0v) is 19.4. The van der Waals surface area contributed by atoms with Crippen LogP contribution in [0.5, 0.6) is 0 Å². The summed E-state index contributed by atoms with van der Waals surface area (Å²) in [6.45, 7) is 7.30. The molecule has 1 N–H and O–H groups in total. The van der Waals surface area contributed by atoms with Crippen molar-refractivity contribution in [3.05, 3.63) is 47.4 Å². The summed E-state index contributed by atoms with van der Waals surface area (Å²) in [6.07, 6.45) is 3.21. The molecular formula is C23H27F3N4O2S. The molecule has 1 saturated carbocycles. The van der Waals surface area contributed by atoms with Crippen LogP contribution in [0.3, 0.4) is 0 Å². The molecule has 3 fully saturated rings. The Hall–Kier alpha value is -2.33. The molecule has 3 aliphatic rings. The van der Waals surface area contributed by atoms with Crippen LogP contribution in [-0.2, 0) is 10.0 Å². The van der Waals surface area contributed by atoms with Gasteiger partial charge < -0.3 is 4.90 Å². The summed E-state index contributed by atoms with van der Waals surface area (Å²) >= 11 is 0. The van der Waals surface area contributed by atoms with Crippen LogP contribution in [0.15, 0.2) is 29.2 Å². The summed E-state index contributed by atoms with van der Waals surface area (Å²) in [7, 11) is -4.65. The average Bonchev–Trinajstić information content (AvgIpc) is 3.16. The van der Waals surface area contributed by atoms with Crippen molar-refractivity contribution in [2.45, 2.75) is 44.0 Å². The molecule has 0 amide bonds. The Bertz CT molecular complexity index is 1200. The minimum absolute atomic E-state index is 0.0782. The summed E-state index contributed by atoms with van der Waals surface area (Å²) < 4.78 is 71.0. The van der Waals surface area contributed by atoms with Gasteiger partial charge in [0.2, 0.25) is 5.95 Å². The number of nitrogens with one attached hydrogen (secondary N) is 1. The highest BCUT2D eigenvalue weighted by atomic mass is 32.2. The highest BCUT2D eigenvalue weighted by Crippen LogP contribution is 2.53. The number of aromatic nitrogens is 1. The molecule has 2 atom stereocenters. The Labute approximate surface area is 191 Å². The number of nitrogens with zero attached hydrogens (tertiary/aromatic N) is 3. The lowest BCUT2D eigenvalue weighted by molar-refractivity contribution is -0.0650. The SMILES string of the molecule is Cc1c(N2CC[C@@]3(CC[C@H]3N3CC(C)C3)C2)cc(F)c(S(=O)(=O)Nc2cccc(F)n2)c1F. The third kappa shape index (κ3) is 3.77. The maximum absolute atomic E-state index is 15.3. The fourth-order valence-corrected chi connectivity index (χ4v) is 6.94. The Kier molecular flexibility index (Phi) is 5.36. The normalized spacial score (nSPS) is 25.8. The van der Waals surface area contributed by atoms with Gasteiger partial charge in [-0.3, -0.25) is 9.62 Å². The lowest BCUT2D eigenvalue weighted by Gasteiger charge is -2.57. The van der Waals surface area contributed by atoms with Gasteiger partial charge in [0, 0.05) is 48.9 Å². The van der Waals surface area contributed by atoms with Gasteiger partial charge in [0.15, 0.2) is 10.7 Å². The molecule has 10 heteroatoms. The van der Waals surface area contributed by atoms with Crippen LogP contribution in [0.25, 0.3) is 0 Å². The largest absolute Gasteiger partial charge is 0.371 e. The van der Waals surface area contributed by atoms with Gasteiger partial charge in [-0.05, 0) is 50.3 Å². The van der Waals surface area contributed by atoms with Crippen molar-refractivity contribution in [1.82, 2.24) is 9.88 Å². The first-order valence-electron chi connectivity index (χ1n) is 11.2. The molecule has 6 nitrogen and oxygen atoms in total. The molecule has 2 aliphatic heterocycles. The van der Waals surface area contributed by atoms with Gasteiger partial charge in [-0.25, -0.2) is 22.2 Å². The van der Waals surface area contributed by atoms with E-state index in [0.29, 0.717) is 24.8 Å². The summed E-state index contributed by atoms with van der Waals surface area (Å²) in [5.41, 5.74) is 0.594. The van der Waals surface area contributed by atoms with Crippen LogP contribution < -0.4 is 9.62 Å². The second-order valence-corrected chi connectivity index (χ2v) is 11.4. The van der Waals surface area contributed by atoms with Crippen molar-refractivity contribution in [3.63, 3.8) is 0 Å². The van der Waals surface area contributed by atoms with Crippen molar-refractivity contribution in [3.8, 4) is 0 Å². The Morgan fingerprint density at radius 1 is 1.18 bits per heavy atom. The molecule has 1 aromatic carbocycles. The third-order valence-corrected chi connectivity index (χ3v) is 8.89. The molecule has 0 unspecified atom stereocenters. The molecule has 3 heterocycles. The van der Waals surface area contributed by atoms with Crippen LogP contribution in [0, 0.1) is 35.8 Å². The molecular weight excluding hydrogens is 453 g/mol. The monoisotopic (exact) mass is 480 g/mol. The van der Waals surface area contributed by atoms with E-state index in [1.54, 1.807) is 0 Å². The number of sulfonamides is 1. The number of anilines is 2. The molecule has 33 heavy (non-hydrogen) atoms. The van der Waals surface area contributed by atoms with Crippen molar-refractivity contribution < 1.29 is 21.6 Å². The summed E-state index contributed by atoms with van der Waals surface area (Å²) in [6, 6.07) is 5.10. The minimum atomic E-state index is -4.65. The fraction of sp³-hybridized carbons (Fsp3) is 0.522. The van der Waals surface area contributed by atoms with Crippen molar-refractivity contribution in [2.75, 3.05) is 35.8 Å². The average molecular weight is 481 g/mol. The smallest absolute Gasteiger partial charge is 0.268 e. The van der Waals surface area contributed by atoms with E-state index >= 15 is 8.78 Å². The van der Waals surface area contributed by atoms with E-state index < -0.39 is 32.5 Å². The van der Waals surface area contributed by atoms with Gasteiger partial charge in [0.1, 0.15) is 11.6 Å². The van der Waals surface area contributed by atoms with E-state index in [1.807, 2.05) is 9.62 Å². The van der Waals surface area contributed by atoms with Crippen LogP contribution in [-0.4, -0.2) is 50.5 Å². The number of benzene rings is 1. The maximum Gasteiger partial charge on any atom is 0.268 e. The first-order chi connectivity index (χ1) is 15.6. The summed E-state index contributed by atoms with van der Waals surface area (Å²) in [5, 5.41) is 0. The molecule has 0 bridgehead atoms. The molecule has 1 aromatic heterocycles.